The van der Waals surface area contributed by atoms with Crippen molar-refractivity contribution in [1.29, 1.82) is 0 Å². The van der Waals surface area contributed by atoms with Crippen LogP contribution < -0.4 is 10.6 Å². The van der Waals surface area contributed by atoms with Gasteiger partial charge in [0, 0.05) is 11.4 Å². The van der Waals surface area contributed by atoms with Gasteiger partial charge >= 0.3 is 12.2 Å². The van der Waals surface area contributed by atoms with Gasteiger partial charge in [-0.3, -0.25) is 4.57 Å². The summed E-state index contributed by atoms with van der Waals surface area (Å²) in [7, 11) is 0. The standard InChI is InChI=1S/C18H17F3N6O/c1-10-11(2)27(12(3)24-10)16-22-8-15(9-23-16)26-17(28)25-14-6-4-5-13(7-14)18(19,20)21/h4-9H,1-3H3,(H2,25,26,28). The zero-order valence-electron chi connectivity index (χ0n) is 15.3. The molecule has 2 N–H and O–H groups in total. The number of halogens is 3. The number of amides is 2. The lowest BCUT2D eigenvalue weighted by Crippen LogP contribution is -2.20. The lowest BCUT2D eigenvalue weighted by Gasteiger charge is -2.11. The Bertz CT molecular complexity index is 1010. The van der Waals surface area contributed by atoms with E-state index in [4.69, 9.17) is 0 Å². The zero-order valence-corrected chi connectivity index (χ0v) is 15.3. The van der Waals surface area contributed by atoms with Gasteiger partial charge in [0.05, 0.1) is 29.3 Å². The molecule has 0 spiro atoms. The number of imidazole rings is 1. The molecule has 3 aromatic rings. The molecule has 3 rings (SSSR count). The first-order chi connectivity index (χ1) is 13.1. The van der Waals surface area contributed by atoms with Crippen LogP contribution in [0.15, 0.2) is 36.7 Å². The van der Waals surface area contributed by atoms with Gasteiger partial charge < -0.3 is 10.6 Å². The summed E-state index contributed by atoms with van der Waals surface area (Å²) >= 11 is 0. The molecule has 0 atom stereocenters. The van der Waals surface area contributed by atoms with Crippen molar-refractivity contribution in [1.82, 2.24) is 19.5 Å². The summed E-state index contributed by atoms with van der Waals surface area (Å²) < 4.78 is 40.0. The van der Waals surface area contributed by atoms with E-state index in [1.807, 2.05) is 20.8 Å². The van der Waals surface area contributed by atoms with E-state index >= 15 is 0 Å². The largest absolute Gasteiger partial charge is 0.416 e. The third kappa shape index (κ3) is 4.11. The molecule has 1 aromatic carbocycles. The molecule has 0 bridgehead atoms. The molecule has 0 saturated heterocycles. The average Bonchev–Trinajstić information content (AvgIpc) is 2.87. The predicted molar refractivity (Wildman–Crippen MR) is 97.5 cm³/mol. The zero-order chi connectivity index (χ0) is 20.5. The fourth-order valence-corrected chi connectivity index (χ4v) is 2.64. The number of urea groups is 1. The minimum atomic E-state index is -4.49. The minimum absolute atomic E-state index is 0.0185. The number of rotatable bonds is 3. The summed E-state index contributed by atoms with van der Waals surface area (Å²) in [5.41, 5.74) is 1.23. The van der Waals surface area contributed by atoms with Crippen molar-refractivity contribution in [3.05, 3.63) is 59.4 Å². The molecule has 0 unspecified atom stereocenters. The van der Waals surface area contributed by atoms with E-state index in [-0.39, 0.29) is 5.69 Å². The van der Waals surface area contributed by atoms with Crippen molar-refractivity contribution in [2.24, 2.45) is 0 Å². The third-order valence-electron chi connectivity index (χ3n) is 4.06. The van der Waals surface area contributed by atoms with Crippen LogP contribution in [0.3, 0.4) is 0 Å². The van der Waals surface area contributed by atoms with Gasteiger partial charge in [-0.25, -0.2) is 19.7 Å². The van der Waals surface area contributed by atoms with Gasteiger partial charge in [-0.2, -0.15) is 13.2 Å². The van der Waals surface area contributed by atoms with Crippen molar-refractivity contribution in [2.75, 3.05) is 10.6 Å². The normalized spacial score (nSPS) is 11.4. The molecule has 2 heterocycles. The van der Waals surface area contributed by atoms with E-state index < -0.39 is 17.8 Å². The second kappa shape index (κ2) is 7.29. The fourth-order valence-electron chi connectivity index (χ4n) is 2.64. The number of benzene rings is 1. The first kappa shape index (κ1) is 19.3. The van der Waals surface area contributed by atoms with Crippen molar-refractivity contribution in [3.8, 4) is 5.95 Å². The van der Waals surface area contributed by atoms with E-state index in [1.54, 1.807) is 4.57 Å². The van der Waals surface area contributed by atoms with Crippen LogP contribution in [0, 0.1) is 20.8 Å². The average molecular weight is 390 g/mol. The maximum absolute atomic E-state index is 12.7. The van der Waals surface area contributed by atoms with E-state index in [9.17, 15) is 18.0 Å². The fraction of sp³-hybridized carbons (Fsp3) is 0.222. The lowest BCUT2D eigenvalue weighted by molar-refractivity contribution is -0.137. The smallest absolute Gasteiger partial charge is 0.308 e. The number of hydrogen-bond acceptors (Lipinski definition) is 4. The number of alkyl halides is 3. The van der Waals surface area contributed by atoms with Crippen LogP contribution in [0.4, 0.5) is 29.3 Å². The quantitative estimate of drug-likeness (QED) is 0.700. The van der Waals surface area contributed by atoms with Gasteiger partial charge in [-0.05, 0) is 39.0 Å². The van der Waals surface area contributed by atoms with Gasteiger partial charge in [0.15, 0.2) is 0 Å². The molecule has 28 heavy (non-hydrogen) atoms. The van der Waals surface area contributed by atoms with Gasteiger partial charge in [-0.15, -0.1) is 0 Å². The molecule has 0 aliphatic heterocycles. The van der Waals surface area contributed by atoms with Crippen LogP contribution in [0.1, 0.15) is 22.8 Å². The molecular weight excluding hydrogens is 373 g/mol. The summed E-state index contributed by atoms with van der Waals surface area (Å²) in [6, 6.07) is 3.65. The lowest BCUT2D eigenvalue weighted by atomic mass is 10.2. The Hall–Kier alpha value is -3.43. The predicted octanol–water partition coefficient (Wildman–Crippen LogP) is 4.25. The van der Waals surface area contributed by atoms with Gasteiger partial charge in [-0.1, -0.05) is 6.07 Å². The number of nitrogens with zero attached hydrogens (tertiary/aromatic N) is 4. The van der Waals surface area contributed by atoms with E-state index in [2.05, 4.69) is 25.6 Å². The summed E-state index contributed by atoms with van der Waals surface area (Å²) in [5, 5.41) is 4.83. The highest BCUT2D eigenvalue weighted by Crippen LogP contribution is 2.30. The van der Waals surface area contributed by atoms with Crippen LogP contribution in [0.5, 0.6) is 0 Å². The number of aromatic nitrogens is 4. The minimum Gasteiger partial charge on any atom is -0.308 e. The van der Waals surface area contributed by atoms with Crippen LogP contribution >= 0.6 is 0 Å². The van der Waals surface area contributed by atoms with Crippen LogP contribution in [0.25, 0.3) is 5.95 Å². The number of hydrogen-bond donors (Lipinski definition) is 2. The van der Waals surface area contributed by atoms with Crippen molar-refractivity contribution in [3.63, 3.8) is 0 Å². The van der Waals surface area contributed by atoms with E-state index in [0.29, 0.717) is 11.6 Å². The second-order valence-electron chi connectivity index (χ2n) is 6.09. The maximum Gasteiger partial charge on any atom is 0.416 e. The van der Waals surface area contributed by atoms with E-state index in [0.717, 1.165) is 29.3 Å². The maximum atomic E-state index is 12.7. The van der Waals surface area contributed by atoms with Crippen molar-refractivity contribution < 1.29 is 18.0 Å². The summed E-state index contributed by atoms with van der Waals surface area (Å²) in [4.78, 5) is 24.8. The molecule has 0 radical (unpaired) electrons. The molecule has 2 aromatic heterocycles. The first-order valence-electron chi connectivity index (χ1n) is 8.25. The molecule has 2 amide bonds. The summed E-state index contributed by atoms with van der Waals surface area (Å²) in [6.07, 6.45) is -1.68. The highest BCUT2D eigenvalue weighted by Gasteiger charge is 2.30. The Morgan fingerprint density at radius 2 is 1.68 bits per heavy atom. The Morgan fingerprint density at radius 3 is 2.25 bits per heavy atom. The van der Waals surface area contributed by atoms with Crippen molar-refractivity contribution in [2.45, 2.75) is 26.9 Å². The Balaban J connectivity index is 1.70. The highest BCUT2D eigenvalue weighted by molar-refractivity contribution is 5.99. The van der Waals surface area contributed by atoms with Crippen LogP contribution in [-0.2, 0) is 6.18 Å². The molecule has 0 fully saturated rings. The summed E-state index contributed by atoms with van der Waals surface area (Å²) in [6.45, 7) is 5.61. The molecule has 146 valence electrons. The van der Waals surface area contributed by atoms with Crippen molar-refractivity contribution >= 4 is 17.4 Å². The van der Waals surface area contributed by atoms with Gasteiger partial charge in [0.1, 0.15) is 5.82 Å². The number of aryl methyl sites for hydroxylation is 2. The Labute approximate surface area is 158 Å². The monoisotopic (exact) mass is 390 g/mol. The van der Waals surface area contributed by atoms with Gasteiger partial charge in [0.2, 0.25) is 5.95 Å². The topological polar surface area (TPSA) is 84.7 Å². The molecule has 0 aliphatic rings. The summed E-state index contributed by atoms with van der Waals surface area (Å²) in [5.74, 6) is 1.14. The Morgan fingerprint density at radius 1 is 1.04 bits per heavy atom. The van der Waals surface area contributed by atoms with Crippen LogP contribution in [0.2, 0.25) is 0 Å². The third-order valence-corrected chi connectivity index (χ3v) is 4.06. The highest BCUT2D eigenvalue weighted by atomic mass is 19.4. The Kier molecular flexibility index (Phi) is 5.04. The van der Waals surface area contributed by atoms with E-state index in [1.165, 1.54) is 24.5 Å². The molecule has 7 nitrogen and oxygen atoms in total. The van der Waals surface area contributed by atoms with Gasteiger partial charge in [0.25, 0.3) is 0 Å². The number of nitrogens with one attached hydrogen (secondary N) is 2. The second-order valence-corrected chi connectivity index (χ2v) is 6.09. The number of carbonyl (C=O) groups excluding carboxylic acids is 1. The number of anilines is 2. The molecule has 10 heteroatoms. The van der Waals surface area contributed by atoms with Crippen LogP contribution in [-0.4, -0.2) is 25.6 Å². The molecule has 0 aliphatic carbocycles. The molecular formula is C18H17F3N6O. The SMILES string of the molecule is Cc1nc(C)n(-c2ncc(NC(=O)Nc3cccc(C(F)(F)F)c3)cn2)c1C. The molecule has 0 saturated carbocycles. The number of carbonyl (C=O) groups is 1. The first-order valence-corrected chi connectivity index (χ1v) is 8.25.